The largest absolute Gasteiger partial charge is 0.347 e. The molecule has 3 rings (SSSR count). The molecule has 7 heteroatoms. The molecule has 3 heterocycles. The van der Waals surface area contributed by atoms with Gasteiger partial charge in [-0.3, -0.25) is 0 Å². The SMILES string of the molecule is Cc1cnc(Cl)nc1N1CCn2cnnc2C1. The van der Waals surface area contributed by atoms with Gasteiger partial charge in [0.15, 0.2) is 5.82 Å². The summed E-state index contributed by atoms with van der Waals surface area (Å²) in [6.45, 7) is 4.42. The molecular weight excluding hydrogens is 240 g/mol. The summed E-state index contributed by atoms with van der Waals surface area (Å²) in [7, 11) is 0. The van der Waals surface area contributed by atoms with Gasteiger partial charge in [0, 0.05) is 24.8 Å². The summed E-state index contributed by atoms with van der Waals surface area (Å²) in [5.41, 5.74) is 1.02. The number of nitrogens with zero attached hydrogens (tertiary/aromatic N) is 6. The molecule has 2 aromatic rings. The Kier molecular flexibility index (Phi) is 2.44. The van der Waals surface area contributed by atoms with Gasteiger partial charge in [-0.05, 0) is 18.5 Å². The molecule has 0 saturated heterocycles. The fourth-order valence-corrected chi connectivity index (χ4v) is 2.11. The zero-order valence-corrected chi connectivity index (χ0v) is 10.1. The quantitative estimate of drug-likeness (QED) is 0.708. The van der Waals surface area contributed by atoms with Crippen molar-refractivity contribution in [3.8, 4) is 0 Å². The van der Waals surface area contributed by atoms with Crippen LogP contribution in [0.5, 0.6) is 0 Å². The Balaban J connectivity index is 1.94. The molecule has 2 aromatic heterocycles. The fraction of sp³-hybridized carbons (Fsp3) is 0.400. The number of anilines is 1. The van der Waals surface area contributed by atoms with Crippen LogP contribution in [0.4, 0.5) is 5.82 Å². The predicted octanol–water partition coefficient (Wildman–Crippen LogP) is 1.05. The molecule has 0 unspecified atom stereocenters. The summed E-state index contributed by atoms with van der Waals surface area (Å²) >= 11 is 5.83. The number of aryl methyl sites for hydroxylation is 1. The van der Waals surface area contributed by atoms with Crippen LogP contribution in [0.1, 0.15) is 11.4 Å². The average Bonchev–Trinajstić information content (AvgIpc) is 2.79. The summed E-state index contributed by atoms with van der Waals surface area (Å²) in [6.07, 6.45) is 3.50. The highest BCUT2D eigenvalue weighted by Gasteiger charge is 2.20. The summed E-state index contributed by atoms with van der Waals surface area (Å²) in [6, 6.07) is 0. The molecule has 0 bridgehead atoms. The van der Waals surface area contributed by atoms with E-state index in [4.69, 9.17) is 11.6 Å². The van der Waals surface area contributed by atoms with Crippen molar-refractivity contribution in [3.63, 3.8) is 0 Å². The lowest BCUT2D eigenvalue weighted by atomic mass is 10.3. The van der Waals surface area contributed by atoms with E-state index in [1.54, 1.807) is 12.5 Å². The maximum Gasteiger partial charge on any atom is 0.224 e. The van der Waals surface area contributed by atoms with Crippen LogP contribution < -0.4 is 4.90 Å². The van der Waals surface area contributed by atoms with Crippen molar-refractivity contribution in [1.82, 2.24) is 24.7 Å². The maximum absolute atomic E-state index is 5.83. The Morgan fingerprint density at radius 1 is 1.35 bits per heavy atom. The Hall–Kier alpha value is -1.69. The smallest absolute Gasteiger partial charge is 0.224 e. The van der Waals surface area contributed by atoms with Crippen molar-refractivity contribution >= 4 is 17.4 Å². The van der Waals surface area contributed by atoms with Gasteiger partial charge < -0.3 is 9.47 Å². The second-order valence-corrected chi connectivity index (χ2v) is 4.35. The Bertz CT molecular complexity index is 551. The lowest BCUT2D eigenvalue weighted by Gasteiger charge is -2.28. The van der Waals surface area contributed by atoms with Gasteiger partial charge >= 0.3 is 0 Å². The molecule has 0 aromatic carbocycles. The van der Waals surface area contributed by atoms with Gasteiger partial charge in [-0.2, -0.15) is 0 Å². The molecule has 0 aliphatic carbocycles. The monoisotopic (exact) mass is 250 g/mol. The van der Waals surface area contributed by atoms with E-state index in [1.807, 2.05) is 6.92 Å². The van der Waals surface area contributed by atoms with E-state index < -0.39 is 0 Å². The molecule has 1 aliphatic heterocycles. The third kappa shape index (κ3) is 1.84. The molecule has 88 valence electrons. The van der Waals surface area contributed by atoms with Gasteiger partial charge in [0.2, 0.25) is 5.28 Å². The van der Waals surface area contributed by atoms with E-state index in [0.717, 1.165) is 30.3 Å². The number of hydrogen-bond acceptors (Lipinski definition) is 5. The van der Waals surface area contributed by atoms with Crippen LogP contribution in [-0.2, 0) is 13.1 Å². The lowest BCUT2D eigenvalue weighted by molar-refractivity contribution is 0.555. The lowest BCUT2D eigenvalue weighted by Crippen LogP contribution is -2.34. The van der Waals surface area contributed by atoms with E-state index in [0.29, 0.717) is 6.54 Å². The predicted molar refractivity (Wildman–Crippen MR) is 62.9 cm³/mol. The summed E-state index contributed by atoms with van der Waals surface area (Å²) < 4.78 is 2.05. The third-order valence-corrected chi connectivity index (χ3v) is 3.04. The first-order chi connectivity index (χ1) is 8.24. The van der Waals surface area contributed by atoms with Crippen molar-refractivity contribution in [2.45, 2.75) is 20.0 Å². The van der Waals surface area contributed by atoms with Gasteiger partial charge in [0.1, 0.15) is 12.1 Å². The van der Waals surface area contributed by atoms with Crippen molar-refractivity contribution in [2.24, 2.45) is 0 Å². The normalized spacial score (nSPS) is 14.8. The molecule has 0 atom stereocenters. The van der Waals surface area contributed by atoms with Gasteiger partial charge in [-0.15, -0.1) is 10.2 Å². The van der Waals surface area contributed by atoms with Crippen LogP contribution >= 0.6 is 11.6 Å². The highest BCUT2D eigenvalue weighted by molar-refractivity contribution is 6.28. The Morgan fingerprint density at radius 2 is 2.24 bits per heavy atom. The van der Waals surface area contributed by atoms with Crippen LogP contribution in [-0.4, -0.2) is 31.3 Å². The Labute approximate surface area is 103 Å². The first-order valence-corrected chi connectivity index (χ1v) is 5.72. The maximum atomic E-state index is 5.83. The zero-order valence-electron chi connectivity index (χ0n) is 9.34. The minimum absolute atomic E-state index is 0.276. The van der Waals surface area contributed by atoms with Gasteiger partial charge in [0.25, 0.3) is 0 Å². The van der Waals surface area contributed by atoms with Crippen molar-refractivity contribution in [2.75, 3.05) is 11.4 Å². The number of aromatic nitrogens is 5. The minimum Gasteiger partial charge on any atom is -0.347 e. The Morgan fingerprint density at radius 3 is 3.12 bits per heavy atom. The number of hydrogen-bond donors (Lipinski definition) is 0. The van der Waals surface area contributed by atoms with E-state index in [9.17, 15) is 0 Å². The molecule has 0 radical (unpaired) electrons. The average molecular weight is 251 g/mol. The summed E-state index contributed by atoms with van der Waals surface area (Å²) in [5, 5.41) is 8.25. The fourth-order valence-electron chi connectivity index (χ4n) is 1.98. The van der Waals surface area contributed by atoms with Crippen LogP contribution in [0.2, 0.25) is 5.28 Å². The molecule has 0 amide bonds. The van der Waals surface area contributed by atoms with Crippen LogP contribution in [0.15, 0.2) is 12.5 Å². The second-order valence-electron chi connectivity index (χ2n) is 4.01. The standard InChI is InChI=1S/C10H11ClN6/c1-7-4-12-10(11)14-9(7)16-2-3-17-6-13-15-8(17)5-16/h4,6H,2-3,5H2,1H3. The van der Waals surface area contributed by atoms with Crippen molar-refractivity contribution in [3.05, 3.63) is 29.2 Å². The van der Waals surface area contributed by atoms with E-state index in [1.165, 1.54) is 0 Å². The molecular formula is C10H11ClN6. The molecule has 6 nitrogen and oxygen atoms in total. The molecule has 0 spiro atoms. The highest BCUT2D eigenvalue weighted by atomic mass is 35.5. The highest BCUT2D eigenvalue weighted by Crippen LogP contribution is 2.22. The number of fused-ring (bicyclic) bond motifs is 1. The second kappa shape index (κ2) is 3.96. The van der Waals surface area contributed by atoms with Crippen LogP contribution in [0.3, 0.4) is 0 Å². The van der Waals surface area contributed by atoms with Crippen LogP contribution in [0.25, 0.3) is 0 Å². The van der Waals surface area contributed by atoms with Gasteiger partial charge in [-0.25, -0.2) is 9.97 Å². The zero-order chi connectivity index (χ0) is 11.8. The first kappa shape index (κ1) is 10.5. The summed E-state index contributed by atoms with van der Waals surface area (Å²) in [5.74, 6) is 1.82. The molecule has 17 heavy (non-hydrogen) atoms. The van der Waals surface area contributed by atoms with Gasteiger partial charge in [-0.1, -0.05) is 0 Å². The van der Waals surface area contributed by atoms with Crippen LogP contribution in [0, 0.1) is 6.92 Å². The first-order valence-electron chi connectivity index (χ1n) is 5.35. The van der Waals surface area contributed by atoms with Crippen molar-refractivity contribution in [1.29, 1.82) is 0 Å². The van der Waals surface area contributed by atoms with E-state index in [2.05, 4.69) is 29.6 Å². The minimum atomic E-state index is 0.276. The van der Waals surface area contributed by atoms with Crippen molar-refractivity contribution < 1.29 is 0 Å². The van der Waals surface area contributed by atoms with Gasteiger partial charge in [0.05, 0.1) is 6.54 Å². The number of halogens is 1. The number of rotatable bonds is 1. The third-order valence-electron chi connectivity index (χ3n) is 2.85. The molecule has 1 aliphatic rings. The summed E-state index contributed by atoms with van der Waals surface area (Å²) in [4.78, 5) is 10.4. The van der Waals surface area contributed by atoms with E-state index >= 15 is 0 Å². The molecule has 0 fully saturated rings. The van der Waals surface area contributed by atoms with E-state index in [-0.39, 0.29) is 5.28 Å². The topological polar surface area (TPSA) is 59.7 Å². The molecule has 0 N–H and O–H groups in total. The molecule has 0 saturated carbocycles.